The van der Waals surface area contributed by atoms with Crippen LogP contribution in [0.5, 0.6) is 0 Å². The normalized spacial score (nSPS) is 37.1. The van der Waals surface area contributed by atoms with Gasteiger partial charge in [0.25, 0.3) is 0 Å². The molecule has 35 heavy (non-hydrogen) atoms. The van der Waals surface area contributed by atoms with Crippen LogP contribution in [-0.4, -0.2) is 105 Å². The molecule has 1 amide bonds. The Morgan fingerprint density at radius 3 is 2.34 bits per heavy atom. The molecule has 4 rings (SSSR count). The van der Waals surface area contributed by atoms with E-state index >= 15 is 0 Å². The van der Waals surface area contributed by atoms with Gasteiger partial charge in [-0.3, -0.25) is 9.59 Å². The van der Waals surface area contributed by atoms with Gasteiger partial charge in [0, 0.05) is 40.2 Å². The van der Waals surface area contributed by atoms with Crippen LogP contribution in [0.1, 0.15) is 47.0 Å². The number of sulfonamides is 1. The number of carbonyl (C=O) groups excluding carboxylic acids is 2. The van der Waals surface area contributed by atoms with Crippen LogP contribution >= 0.6 is 0 Å². The quantitative estimate of drug-likeness (QED) is 0.268. The van der Waals surface area contributed by atoms with E-state index in [1.807, 2.05) is 0 Å². The molecule has 4 fully saturated rings. The fourth-order valence-electron chi connectivity index (χ4n) is 5.79. The molecule has 10 nitrogen and oxygen atoms in total. The van der Waals surface area contributed by atoms with Crippen molar-refractivity contribution in [2.24, 2.45) is 5.92 Å². The van der Waals surface area contributed by atoms with E-state index in [4.69, 9.17) is 18.9 Å². The van der Waals surface area contributed by atoms with Gasteiger partial charge in [-0.05, 0) is 40.0 Å². The van der Waals surface area contributed by atoms with Crippen molar-refractivity contribution < 1.29 is 37.0 Å². The maximum absolute atomic E-state index is 12.8. The highest BCUT2D eigenvalue weighted by molar-refractivity contribution is 7.89. The minimum atomic E-state index is -3.85. The molecule has 4 aliphatic rings. The van der Waals surface area contributed by atoms with Crippen LogP contribution in [0.2, 0.25) is 0 Å². The fraction of sp³-hybridized carbons (Fsp3) is 0.833. The molecule has 11 heteroatoms. The average Bonchev–Trinajstić information content (AvgIpc) is 3.70. The van der Waals surface area contributed by atoms with E-state index in [-0.39, 0.29) is 36.6 Å². The Morgan fingerprint density at radius 2 is 1.80 bits per heavy atom. The smallest absolute Gasteiger partial charge is 0.322 e. The Bertz CT molecular complexity index is 966. The van der Waals surface area contributed by atoms with Gasteiger partial charge >= 0.3 is 5.97 Å². The third kappa shape index (κ3) is 5.44. The molecular weight excluding hydrogens is 476 g/mol. The molecule has 3 heterocycles. The molecule has 0 bridgehead atoms. The second-order valence-electron chi connectivity index (χ2n) is 10.6. The summed E-state index contributed by atoms with van der Waals surface area (Å²) in [5.41, 5.74) is 0.417. The molecule has 1 spiro atoms. The summed E-state index contributed by atoms with van der Waals surface area (Å²) in [6, 6.07) is 0. The highest BCUT2D eigenvalue weighted by Gasteiger charge is 2.72. The maximum atomic E-state index is 12.8. The van der Waals surface area contributed by atoms with Gasteiger partial charge in [-0.25, -0.2) is 8.42 Å². The topological polar surface area (TPSA) is 118 Å². The molecule has 1 aliphatic carbocycles. The van der Waals surface area contributed by atoms with Gasteiger partial charge in [-0.15, -0.1) is 0 Å². The summed E-state index contributed by atoms with van der Waals surface area (Å²) in [7, 11) is -2.26. The third-order valence-corrected chi connectivity index (χ3v) is 9.65. The lowest BCUT2D eigenvalue weighted by molar-refractivity contribution is -0.169. The van der Waals surface area contributed by atoms with E-state index in [9.17, 15) is 18.0 Å². The standard InChI is InChI=1S/C24H38N2O8S/c1-16(2)6-7-19-23(4,34-19)22-21(31-5)18(8-9-24(22)15-32-24)33-20(28)14-35(29,30)26-12-10-25(11-13-26)17(3)27/h6,18-19,21-22H,7-15H2,1-5H3/t18-,19-,21-,22-,23+,24+/m1/s1. The van der Waals surface area contributed by atoms with Gasteiger partial charge in [-0.1, -0.05) is 11.6 Å². The number of carbonyl (C=O) groups is 2. The molecule has 198 valence electrons. The van der Waals surface area contributed by atoms with Crippen molar-refractivity contribution in [2.75, 3.05) is 45.6 Å². The van der Waals surface area contributed by atoms with Gasteiger partial charge < -0.3 is 23.8 Å². The zero-order valence-corrected chi connectivity index (χ0v) is 22.1. The molecule has 3 aliphatic heterocycles. The lowest BCUT2D eigenvalue weighted by Gasteiger charge is -2.42. The van der Waals surface area contributed by atoms with E-state index in [0.29, 0.717) is 32.5 Å². The summed E-state index contributed by atoms with van der Waals surface area (Å²) in [5.74, 6) is -1.74. The van der Waals surface area contributed by atoms with Gasteiger partial charge in [0.05, 0.1) is 18.6 Å². The monoisotopic (exact) mass is 514 g/mol. The number of methoxy groups -OCH3 is 1. The van der Waals surface area contributed by atoms with Crippen LogP contribution < -0.4 is 0 Å². The highest BCUT2D eigenvalue weighted by Crippen LogP contribution is 2.59. The number of hydrogen-bond acceptors (Lipinski definition) is 8. The summed E-state index contributed by atoms with van der Waals surface area (Å²) >= 11 is 0. The third-order valence-electron chi connectivity index (χ3n) is 7.90. The lowest BCUT2D eigenvalue weighted by Crippen LogP contribution is -2.56. The van der Waals surface area contributed by atoms with Crippen LogP contribution in [0.15, 0.2) is 11.6 Å². The predicted molar refractivity (Wildman–Crippen MR) is 127 cm³/mol. The van der Waals surface area contributed by atoms with Crippen molar-refractivity contribution in [1.82, 2.24) is 9.21 Å². The van der Waals surface area contributed by atoms with Crippen LogP contribution in [0, 0.1) is 5.92 Å². The molecule has 0 N–H and O–H groups in total. The number of allylic oxidation sites excluding steroid dienone is 1. The van der Waals surface area contributed by atoms with Gasteiger partial charge in [0.15, 0.2) is 5.75 Å². The van der Waals surface area contributed by atoms with E-state index in [1.165, 1.54) is 16.8 Å². The lowest BCUT2D eigenvalue weighted by atomic mass is 9.68. The second-order valence-corrected chi connectivity index (χ2v) is 12.5. The Kier molecular flexibility index (Phi) is 7.38. The summed E-state index contributed by atoms with van der Waals surface area (Å²) in [4.78, 5) is 25.9. The second kappa shape index (κ2) is 9.74. The van der Waals surface area contributed by atoms with Crippen LogP contribution in [0.4, 0.5) is 0 Å². The van der Waals surface area contributed by atoms with Crippen LogP contribution in [0.25, 0.3) is 0 Å². The summed E-state index contributed by atoms with van der Waals surface area (Å²) in [6.45, 7) is 9.21. The van der Waals surface area contributed by atoms with E-state index in [0.717, 1.165) is 6.42 Å². The molecule has 3 saturated heterocycles. The largest absolute Gasteiger partial charge is 0.459 e. The predicted octanol–water partition coefficient (Wildman–Crippen LogP) is 1.10. The number of ether oxygens (including phenoxy) is 4. The number of nitrogens with zero attached hydrogens (tertiary/aromatic N) is 2. The van der Waals surface area contributed by atoms with Crippen molar-refractivity contribution >= 4 is 21.9 Å². The summed E-state index contributed by atoms with van der Waals surface area (Å²) < 4.78 is 50.6. The van der Waals surface area contributed by atoms with Crippen molar-refractivity contribution in [3.8, 4) is 0 Å². The molecule has 0 unspecified atom stereocenters. The number of amides is 1. The Balaban J connectivity index is 1.40. The van der Waals surface area contributed by atoms with E-state index in [2.05, 4.69) is 26.8 Å². The van der Waals surface area contributed by atoms with Crippen molar-refractivity contribution in [1.29, 1.82) is 0 Å². The van der Waals surface area contributed by atoms with Gasteiger partial charge in [0.2, 0.25) is 15.9 Å². The number of esters is 1. The molecule has 0 aromatic carbocycles. The number of epoxide rings is 2. The fourth-order valence-corrected chi connectivity index (χ4v) is 7.06. The maximum Gasteiger partial charge on any atom is 0.322 e. The van der Waals surface area contributed by atoms with E-state index < -0.39 is 39.6 Å². The molecular formula is C24H38N2O8S. The molecule has 1 saturated carbocycles. The summed E-state index contributed by atoms with van der Waals surface area (Å²) in [6.07, 6.45) is 3.17. The Hall–Kier alpha value is -1.53. The molecule has 0 radical (unpaired) electrons. The van der Waals surface area contributed by atoms with Crippen LogP contribution in [-0.2, 0) is 38.6 Å². The van der Waals surface area contributed by atoms with Crippen molar-refractivity contribution in [3.63, 3.8) is 0 Å². The van der Waals surface area contributed by atoms with Gasteiger partial charge in [-0.2, -0.15) is 4.31 Å². The summed E-state index contributed by atoms with van der Waals surface area (Å²) in [5, 5.41) is 0. The molecule has 0 aromatic rings. The minimum absolute atomic E-state index is 0.0321. The van der Waals surface area contributed by atoms with E-state index in [1.54, 1.807) is 12.0 Å². The molecule has 0 aromatic heterocycles. The number of piperazine rings is 1. The SMILES string of the molecule is CO[C@@H]1[C@H](OC(=O)CS(=O)(=O)N2CCN(C(C)=O)CC2)CC[C@]2(CO2)[C@H]1[C@@]1(C)O[C@@H]1CC=C(C)C. The van der Waals surface area contributed by atoms with Crippen LogP contribution in [0.3, 0.4) is 0 Å². The van der Waals surface area contributed by atoms with Gasteiger partial charge in [0.1, 0.15) is 23.4 Å². The average molecular weight is 515 g/mol. The number of rotatable bonds is 8. The zero-order valence-electron chi connectivity index (χ0n) is 21.3. The molecule has 6 atom stereocenters. The first-order valence-corrected chi connectivity index (χ1v) is 13.9. The Morgan fingerprint density at radius 1 is 1.14 bits per heavy atom. The van der Waals surface area contributed by atoms with Crippen molar-refractivity contribution in [3.05, 3.63) is 11.6 Å². The number of hydrogen-bond donors (Lipinski definition) is 0. The minimum Gasteiger partial charge on any atom is -0.459 e. The first-order valence-electron chi connectivity index (χ1n) is 12.3. The first kappa shape index (κ1) is 26.5. The Labute approximate surface area is 207 Å². The zero-order chi connectivity index (χ0) is 25.6. The van der Waals surface area contributed by atoms with Crippen molar-refractivity contribution in [2.45, 2.75) is 76.5 Å². The first-order chi connectivity index (χ1) is 16.4. The highest BCUT2D eigenvalue weighted by atomic mass is 32.2.